The molecular formula is C17H26Cl2N2O3S. The van der Waals surface area contributed by atoms with Gasteiger partial charge in [0.25, 0.3) is 0 Å². The third-order valence-corrected chi connectivity index (χ3v) is 5.76. The Bertz CT molecular complexity index is 713. The van der Waals surface area contributed by atoms with Crippen molar-refractivity contribution in [2.24, 2.45) is 11.8 Å². The van der Waals surface area contributed by atoms with E-state index in [1.165, 1.54) is 19.1 Å². The minimum atomic E-state index is -3.75. The van der Waals surface area contributed by atoms with Gasteiger partial charge in [-0.15, -0.1) is 0 Å². The van der Waals surface area contributed by atoms with Crippen molar-refractivity contribution in [3.63, 3.8) is 0 Å². The molecule has 8 heteroatoms. The number of halogens is 2. The van der Waals surface area contributed by atoms with Crippen LogP contribution in [0.1, 0.15) is 34.6 Å². The molecule has 1 atom stereocenters. The fourth-order valence-corrected chi connectivity index (χ4v) is 4.43. The first-order chi connectivity index (χ1) is 11.4. The first-order valence-electron chi connectivity index (χ1n) is 8.11. The van der Waals surface area contributed by atoms with Crippen molar-refractivity contribution in [3.05, 3.63) is 28.2 Å². The Hall–Kier alpha value is -0.980. The molecule has 0 aliphatic rings. The summed E-state index contributed by atoms with van der Waals surface area (Å²) in [5.41, 5.74) is 0.185. The zero-order valence-electron chi connectivity index (χ0n) is 15.4. The first-order valence-corrected chi connectivity index (χ1v) is 10.7. The molecule has 0 bridgehead atoms. The lowest BCUT2D eigenvalue weighted by atomic mass is 9.93. The van der Waals surface area contributed by atoms with Crippen LogP contribution in [0.3, 0.4) is 0 Å². The minimum absolute atomic E-state index is 0.0637. The predicted octanol–water partition coefficient (Wildman–Crippen LogP) is 3.94. The molecule has 0 saturated carbocycles. The van der Waals surface area contributed by atoms with Crippen molar-refractivity contribution in [2.75, 3.05) is 10.6 Å². The van der Waals surface area contributed by atoms with Crippen LogP contribution in [0.5, 0.6) is 0 Å². The largest absolute Gasteiger partial charge is 0.351 e. The fraction of sp³-hybridized carbons (Fsp3) is 0.588. The summed E-state index contributed by atoms with van der Waals surface area (Å²) in [5.74, 6) is 0.0593. The van der Waals surface area contributed by atoms with Crippen molar-refractivity contribution < 1.29 is 13.2 Å². The molecule has 0 aliphatic carbocycles. The smallest absolute Gasteiger partial charge is 0.243 e. The SMILES string of the molecule is CC(C)C(NC(=O)[C@H](C)N(c1cc(Cl)ccc1Cl)S(C)(=O)=O)C(C)C. The Morgan fingerprint density at radius 2 is 1.60 bits per heavy atom. The maximum Gasteiger partial charge on any atom is 0.243 e. The van der Waals surface area contributed by atoms with E-state index in [9.17, 15) is 13.2 Å². The van der Waals surface area contributed by atoms with Crippen molar-refractivity contribution in [3.8, 4) is 0 Å². The minimum Gasteiger partial charge on any atom is -0.351 e. The zero-order chi connectivity index (χ0) is 19.5. The van der Waals surface area contributed by atoms with Crippen LogP contribution in [-0.2, 0) is 14.8 Å². The Morgan fingerprint density at radius 3 is 2.04 bits per heavy atom. The Morgan fingerprint density at radius 1 is 1.08 bits per heavy atom. The van der Waals surface area contributed by atoms with Gasteiger partial charge >= 0.3 is 0 Å². The van der Waals surface area contributed by atoms with Crippen LogP contribution in [0.25, 0.3) is 0 Å². The van der Waals surface area contributed by atoms with Crippen LogP contribution >= 0.6 is 23.2 Å². The van der Waals surface area contributed by atoms with Crippen molar-refractivity contribution in [1.29, 1.82) is 0 Å². The van der Waals surface area contributed by atoms with Gasteiger partial charge in [-0.25, -0.2) is 8.42 Å². The number of benzene rings is 1. The van der Waals surface area contributed by atoms with Crippen molar-refractivity contribution in [2.45, 2.75) is 46.7 Å². The van der Waals surface area contributed by atoms with Gasteiger partial charge in [-0.2, -0.15) is 0 Å². The van der Waals surface area contributed by atoms with Crippen LogP contribution < -0.4 is 9.62 Å². The molecule has 1 aromatic carbocycles. The van der Waals surface area contributed by atoms with Crippen LogP contribution in [0, 0.1) is 11.8 Å². The average molecular weight is 409 g/mol. The Kier molecular flexibility index (Phi) is 7.59. The topological polar surface area (TPSA) is 66.5 Å². The second-order valence-electron chi connectivity index (χ2n) is 6.85. The number of anilines is 1. The molecule has 0 radical (unpaired) electrons. The van der Waals surface area contributed by atoms with E-state index in [0.29, 0.717) is 5.02 Å². The molecule has 0 spiro atoms. The number of nitrogens with one attached hydrogen (secondary N) is 1. The van der Waals surface area contributed by atoms with Gasteiger partial charge in [0.2, 0.25) is 15.9 Å². The van der Waals surface area contributed by atoms with Gasteiger partial charge in [0.1, 0.15) is 6.04 Å². The van der Waals surface area contributed by atoms with Crippen LogP contribution in [0.15, 0.2) is 18.2 Å². The number of amides is 1. The molecule has 1 rings (SSSR count). The molecular weight excluding hydrogens is 383 g/mol. The summed E-state index contributed by atoms with van der Waals surface area (Å²) in [6.07, 6.45) is 1.04. The monoisotopic (exact) mass is 408 g/mol. The lowest BCUT2D eigenvalue weighted by molar-refractivity contribution is -0.123. The summed E-state index contributed by atoms with van der Waals surface area (Å²) in [7, 11) is -3.75. The van der Waals surface area contributed by atoms with Crippen LogP contribution in [-0.4, -0.2) is 32.7 Å². The Balaban J connectivity index is 3.24. The van der Waals surface area contributed by atoms with Crippen LogP contribution in [0.2, 0.25) is 10.0 Å². The molecule has 142 valence electrons. The molecule has 5 nitrogen and oxygen atoms in total. The molecule has 0 heterocycles. The number of nitrogens with zero attached hydrogens (tertiary/aromatic N) is 1. The molecule has 0 unspecified atom stereocenters. The second kappa shape index (κ2) is 8.60. The molecule has 1 aromatic rings. The number of sulfonamides is 1. The predicted molar refractivity (Wildman–Crippen MR) is 105 cm³/mol. The van der Waals surface area contributed by atoms with Crippen molar-refractivity contribution in [1.82, 2.24) is 5.32 Å². The zero-order valence-corrected chi connectivity index (χ0v) is 17.7. The number of carbonyl (C=O) groups excluding carboxylic acids is 1. The highest BCUT2D eigenvalue weighted by molar-refractivity contribution is 7.92. The second-order valence-corrected chi connectivity index (χ2v) is 9.56. The van der Waals surface area contributed by atoms with Gasteiger partial charge < -0.3 is 5.32 Å². The van der Waals surface area contributed by atoms with Gasteiger partial charge in [-0.05, 0) is 37.0 Å². The standard InChI is InChI=1S/C17H26Cl2N2O3S/c1-10(2)16(11(3)4)20-17(22)12(5)21(25(6,23)24)15-9-13(18)7-8-14(15)19/h7-12,16H,1-6H3,(H,20,22)/t12-/m0/s1. The number of rotatable bonds is 7. The van der Waals surface area contributed by atoms with Crippen molar-refractivity contribution >= 4 is 44.8 Å². The summed E-state index contributed by atoms with van der Waals surface area (Å²) < 4.78 is 25.7. The first kappa shape index (κ1) is 22.1. The molecule has 1 N–H and O–H groups in total. The lowest BCUT2D eigenvalue weighted by Crippen LogP contribution is -2.52. The summed E-state index contributed by atoms with van der Waals surface area (Å²) in [6.45, 7) is 9.58. The molecule has 0 aliphatic heterocycles. The molecule has 0 saturated heterocycles. The lowest BCUT2D eigenvalue weighted by Gasteiger charge is -2.32. The molecule has 0 fully saturated rings. The van der Waals surface area contributed by atoms with E-state index in [2.05, 4.69) is 5.32 Å². The highest BCUT2D eigenvalue weighted by Gasteiger charge is 2.32. The van der Waals surface area contributed by atoms with Gasteiger partial charge in [0.05, 0.1) is 17.0 Å². The molecule has 1 amide bonds. The Labute approximate surface area is 160 Å². The van der Waals surface area contributed by atoms with E-state index in [1.807, 2.05) is 27.7 Å². The summed E-state index contributed by atoms with van der Waals surface area (Å²) in [6, 6.07) is 3.48. The number of hydrogen-bond donors (Lipinski definition) is 1. The molecule has 0 aromatic heterocycles. The third kappa shape index (κ3) is 5.76. The highest BCUT2D eigenvalue weighted by atomic mass is 35.5. The maximum absolute atomic E-state index is 12.7. The average Bonchev–Trinajstić information content (AvgIpc) is 2.46. The van der Waals surface area contributed by atoms with E-state index >= 15 is 0 Å². The number of carbonyl (C=O) groups is 1. The van der Waals surface area contributed by atoms with Gasteiger partial charge in [-0.1, -0.05) is 50.9 Å². The number of hydrogen-bond acceptors (Lipinski definition) is 3. The van der Waals surface area contributed by atoms with Gasteiger partial charge in [0.15, 0.2) is 0 Å². The molecule has 25 heavy (non-hydrogen) atoms. The van der Waals surface area contributed by atoms with Gasteiger partial charge in [0, 0.05) is 11.1 Å². The summed E-state index contributed by atoms with van der Waals surface area (Å²) in [5, 5.41) is 3.49. The highest BCUT2D eigenvalue weighted by Crippen LogP contribution is 2.32. The third-order valence-electron chi connectivity index (χ3n) is 3.98. The summed E-state index contributed by atoms with van der Waals surface area (Å²) >= 11 is 12.1. The summed E-state index contributed by atoms with van der Waals surface area (Å²) in [4.78, 5) is 12.7. The van der Waals surface area contributed by atoms with E-state index in [-0.39, 0.29) is 34.5 Å². The van der Waals surface area contributed by atoms with E-state index in [1.54, 1.807) is 6.07 Å². The maximum atomic E-state index is 12.7. The van der Waals surface area contributed by atoms with E-state index in [0.717, 1.165) is 10.6 Å². The normalized spacial score (nSPS) is 13.4. The quantitative estimate of drug-likeness (QED) is 0.742. The fourth-order valence-electron chi connectivity index (χ4n) is 2.82. The van der Waals surface area contributed by atoms with Gasteiger partial charge in [-0.3, -0.25) is 9.10 Å². The van der Waals surface area contributed by atoms with E-state index < -0.39 is 16.1 Å². The van der Waals surface area contributed by atoms with Crippen LogP contribution in [0.4, 0.5) is 5.69 Å². The van der Waals surface area contributed by atoms with E-state index in [4.69, 9.17) is 23.2 Å².